The molecule has 86 valence electrons. The number of benzene rings is 2. The smallest absolute Gasteiger partial charge is 0.133 e. The first kappa shape index (κ1) is 11.3. The Hall–Kier alpha value is -2.21. The van der Waals surface area contributed by atoms with Crippen LogP contribution >= 0.6 is 0 Å². The topological polar surface area (TPSA) is 42.2 Å². The van der Waals surface area contributed by atoms with Gasteiger partial charge in [0.05, 0.1) is 25.9 Å². The van der Waals surface area contributed by atoms with Gasteiger partial charge in [0.2, 0.25) is 0 Å². The quantitative estimate of drug-likeness (QED) is 0.791. The largest absolute Gasteiger partial charge is 0.496 e. The fourth-order valence-electron chi connectivity index (χ4n) is 2.00. The maximum Gasteiger partial charge on any atom is 0.133 e. The lowest BCUT2D eigenvalue weighted by atomic mass is 10.0. The predicted octanol–water partition coefficient (Wildman–Crippen LogP) is 3.04. The molecule has 3 nitrogen and oxygen atoms in total. The third kappa shape index (κ3) is 1.78. The third-order valence-electron chi connectivity index (χ3n) is 2.85. The number of rotatable bonds is 2. The first-order valence-electron chi connectivity index (χ1n) is 5.26. The zero-order chi connectivity index (χ0) is 12.4. The summed E-state index contributed by atoms with van der Waals surface area (Å²) in [6, 6.07) is 9.58. The Balaban J connectivity index is 2.83. The molecule has 0 atom stereocenters. The van der Waals surface area contributed by atoms with E-state index < -0.39 is 0 Å². The van der Waals surface area contributed by atoms with Crippen molar-refractivity contribution in [3.05, 3.63) is 35.4 Å². The lowest BCUT2D eigenvalue weighted by Crippen LogP contribution is -1.94. The second kappa shape index (κ2) is 4.34. The van der Waals surface area contributed by atoms with Gasteiger partial charge in [-0.2, -0.15) is 5.26 Å². The summed E-state index contributed by atoms with van der Waals surface area (Å²) in [6.07, 6.45) is 0. The number of fused-ring (bicyclic) bond motifs is 1. The minimum Gasteiger partial charge on any atom is -0.496 e. The Kier molecular flexibility index (Phi) is 2.88. The summed E-state index contributed by atoms with van der Waals surface area (Å²) in [6.45, 7) is 1.95. The monoisotopic (exact) mass is 227 g/mol. The van der Waals surface area contributed by atoms with Crippen LogP contribution in [0.3, 0.4) is 0 Å². The second-order valence-electron chi connectivity index (χ2n) is 3.78. The van der Waals surface area contributed by atoms with Gasteiger partial charge in [0.15, 0.2) is 0 Å². The highest BCUT2D eigenvalue weighted by molar-refractivity contribution is 5.92. The van der Waals surface area contributed by atoms with Crippen molar-refractivity contribution in [2.24, 2.45) is 0 Å². The summed E-state index contributed by atoms with van der Waals surface area (Å²) in [5.41, 5.74) is 1.60. The van der Waals surface area contributed by atoms with Gasteiger partial charge in [-0.15, -0.1) is 0 Å². The van der Waals surface area contributed by atoms with Crippen molar-refractivity contribution in [1.82, 2.24) is 0 Å². The van der Waals surface area contributed by atoms with Crippen LogP contribution in [0.5, 0.6) is 11.5 Å². The minimum absolute atomic E-state index is 0.630. The molecule has 0 amide bonds. The molecule has 0 aliphatic rings. The molecule has 0 heterocycles. The van der Waals surface area contributed by atoms with E-state index in [4.69, 9.17) is 14.7 Å². The maximum absolute atomic E-state index is 8.89. The summed E-state index contributed by atoms with van der Waals surface area (Å²) in [5.74, 6) is 1.56. The van der Waals surface area contributed by atoms with E-state index in [9.17, 15) is 0 Å². The number of nitrogens with zero attached hydrogens (tertiary/aromatic N) is 1. The van der Waals surface area contributed by atoms with Crippen molar-refractivity contribution in [2.75, 3.05) is 14.2 Å². The van der Waals surface area contributed by atoms with Crippen molar-refractivity contribution in [3.63, 3.8) is 0 Å². The highest BCUT2D eigenvalue weighted by atomic mass is 16.5. The van der Waals surface area contributed by atoms with Gasteiger partial charge in [-0.1, -0.05) is 0 Å². The molecule has 2 aromatic rings. The molecular formula is C14H13NO2. The molecule has 0 bridgehead atoms. The van der Waals surface area contributed by atoms with Gasteiger partial charge >= 0.3 is 0 Å². The molecule has 0 aliphatic carbocycles. The molecule has 0 N–H and O–H groups in total. The highest BCUT2D eigenvalue weighted by Crippen LogP contribution is 2.36. The number of hydrogen-bond donors (Lipinski definition) is 0. The SMILES string of the molecule is COc1cc2cc(C#N)ccc2c(OC)c1C. The van der Waals surface area contributed by atoms with E-state index in [1.165, 1.54) is 0 Å². The van der Waals surface area contributed by atoms with Crippen LogP contribution in [0.15, 0.2) is 24.3 Å². The normalized spacial score (nSPS) is 10.0. The van der Waals surface area contributed by atoms with Gasteiger partial charge in [-0.3, -0.25) is 0 Å². The molecule has 0 spiro atoms. The number of nitriles is 1. The van der Waals surface area contributed by atoms with Crippen LogP contribution in [0.25, 0.3) is 10.8 Å². The van der Waals surface area contributed by atoms with Gasteiger partial charge in [0.25, 0.3) is 0 Å². The van der Waals surface area contributed by atoms with Crippen LogP contribution in [0, 0.1) is 18.3 Å². The van der Waals surface area contributed by atoms with E-state index in [-0.39, 0.29) is 0 Å². The van der Waals surface area contributed by atoms with Crippen LogP contribution < -0.4 is 9.47 Å². The van der Waals surface area contributed by atoms with E-state index >= 15 is 0 Å². The van der Waals surface area contributed by atoms with E-state index in [2.05, 4.69) is 6.07 Å². The molecule has 0 aromatic heterocycles. The Bertz CT molecular complexity index is 612. The molecule has 0 unspecified atom stereocenters. The summed E-state index contributed by atoms with van der Waals surface area (Å²) < 4.78 is 10.7. The summed E-state index contributed by atoms with van der Waals surface area (Å²) in [7, 11) is 3.27. The average Bonchev–Trinajstić information content (AvgIpc) is 2.37. The molecular weight excluding hydrogens is 214 g/mol. The second-order valence-corrected chi connectivity index (χ2v) is 3.78. The average molecular weight is 227 g/mol. The van der Waals surface area contributed by atoms with Crippen molar-refractivity contribution in [1.29, 1.82) is 5.26 Å². The first-order valence-corrected chi connectivity index (χ1v) is 5.26. The molecule has 0 saturated carbocycles. The summed E-state index contributed by atoms with van der Waals surface area (Å²) >= 11 is 0. The lowest BCUT2D eigenvalue weighted by molar-refractivity contribution is 0.392. The lowest BCUT2D eigenvalue weighted by Gasteiger charge is -2.13. The molecule has 2 rings (SSSR count). The van der Waals surface area contributed by atoms with Crippen molar-refractivity contribution in [2.45, 2.75) is 6.92 Å². The van der Waals surface area contributed by atoms with Crippen LogP contribution in [0.2, 0.25) is 0 Å². The van der Waals surface area contributed by atoms with Crippen LogP contribution in [0.4, 0.5) is 0 Å². The van der Waals surface area contributed by atoms with Gasteiger partial charge in [-0.05, 0) is 36.6 Å². The maximum atomic E-state index is 8.89. The molecule has 0 aliphatic heterocycles. The van der Waals surface area contributed by atoms with Gasteiger partial charge in [0.1, 0.15) is 11.5 Å². The zero-order valence-electron chi connectivity index (χ0n) is 10.1. The molecule has 0 saturated heterocycles. The third-order valence-corrected chi connectivity index (χ3v) is 2.85. The van der Waals surface area contributed by atoms with Crippen molar-refractivity contribution < 1.29 is 9.47 Å². The first-order chi connectivity index (χ1) is 8.21. The Morgan fingerprint density at radius 1 is 1.12 bits per heavy atom. The molecule has 2 aromatic carbocycles. The Morgan fingerprint density at radius 3 is 2.47 bits per heavy atom. The zero-order valence-corrected chi connectivity index (χ0v) is 10.1. The molecule has 0 fully saturated rings. The van der Waals surface area contributed by atoms with Gasteiger partial charge in [0, 0.05) is 10.9 Å². The summed E-state index contributed by atoms with van der Waals surface area (Å²) in [4.78, 5) is 0. The summed E-state index contributed by atoms with van der Waals surface area (Å²) in [5, 5.41) is 10.8. The fourth-order valence-corrected chi connectivity index (χ4v) is 2.00. The van der Waals surface area contributed by atoms with Gasteiger partial charge in [-0.25, -0.2) is 0 Å². The molecule has 0 radical (unpaired) electrons. The van der Waals surface area contributed by atoms with E-state index in [1.54, 1.807) is 20.3 Å². The molecule has 3 heteroatoms. The van der Waals surface area contributed by atoms with E-state index in [1.807, 2.05) is 25.1 Å². The van der Waals surface area contributed by atoms with E-state index in [0.717, 1.165) is 27.8 Å². The fraction of sp³-hybridized carbons (Fsp3) is 0.214. The van der Waals surface area contributed by atoms with Crippen LogP contribution in [-0.2, 0) is 0 Å². The number of hydrogen-bond acceptors (Lipinski definition) is 3. The Morgan fingerprint density at radius 2 is 1.88 bits per heavy atom. The number of ether oxygens (including phenoxy) is 2. The highest BCUT2D eigenvalue weighted by Gasteiger charge is 2.11. The Labute approximate surface area is 100 Å². The van der Waals surface area contributed by atoms with Gasteiger partial charge < -0.3 is 9.47 Å². The van der Waals surface area contributed by atoms with Crippen LogP contribution in [-0.4, -0.2) is 14.2 Å². The minimum atomic E-state index is 0.630. The standard InChI is InChI=1S/C14H13NO2/c1-9-13(16-2)7-11-6-10(8-15)4-5-12(11)14(9)17-3/h4-7H,1-3H3. The molecule has 17 heavy (non-hydrogen) atoms. The predicted molar refractivity (Wildman–Crippen MR) is 66.5 cm³/mol. The van der Waals surface area contributed by atoms with Crippen LogP contribution in [0.1, 0.15) is 11.1 Å². The number of methoxy groups -OCH3 is 2. The van der Waals surface area contributed by atoms with E-state index in [0.29, 0.717) is 5.56 Å². The van der Waals surface area contributed by atoms with Crippen molar-refractivity contribution >= 4 is 10.8 Å². The van der Waals surface area contributed by atoms with Crippen molar-refractivity contribution in [3.8, 4) is 17.6 Å².